The lowest BCUT2D eigenvalue weighted by molar-refractivity contribution is -0.134. The molecule has 2 aromatic carbocycles. The van der Waals surface area contributed by atoms with Crippen molar-refractivity contribution in [1.29, 1.82) is 0 Å². The number of aryl methyl sites for hydroxylation is 2. The zero-order valence-electron chi connectivity index (χ0n) is 18.4. The number of carbonyl (C=O) groups excluding carboxylic acids is 3. The van der Waals surface area contributed by atoms with Gasteiger partial charge in [0, 0.05) is 43.3 Å². The summed E-state index contributed by atoms with van der Waals surface area (Å²) >= 11 is 0. The molecule has 0 atom stereocenters. The normalized spacial score (nSPS) is 14.5. The lowest BCUT2D eigenvalue weighted by Crippen LogP contribution is -2.52. The molecule has 3 aromatic rings. The number of urea groups is 1. The number of benzene rings is 2. The number of fused-ring (bicyclic) bond motifs is 1. The van der Waals surface area contributed by atoms with Gasteiger partial charge in [0.1, 0.15) is 11.3 Å². The maximum absolute atomic E-state index is 12.6. The number of likely N-dealkylation sites (N-methyl/N-ethyl adjacent to an activating group) is 2. The minimum absolute atomic E-state index is 0.0276. The summed E-state index contributed by atoms with van der Waals surface area (Å²) in [5.41, 5.74) is 2.92. The Kier molecular flexibility index (Phi) is 5.81. The number of para-hydroxylation sites is 1. The third-order valence-electron chi connectivity index (χ3n) is 5.60. The van der Waals surface area contributed by atoms with Crippen molar-refractivity contribution in [2.45, 2.75) is 19.9 Å². The molecule has 1 fully saturated rings. The van der Waals surface area contributed by atoms with Gasteiger partial charge in [-0.25, -0.2) is 4.79 Å². The molecule has 4 rings (SSSR count). The highest BCUT2D eigenvalue weighted by molar-refractivity contribution is 6.31. The summed E-state index contributed by atoms with van der Waals surface area (Å²) in [4.78, 5) is 39.0. The molecule has 1 aromatic heterocycles. The van der Waals surface area contributed by atoms with E-state index in [0.717, 1.165) is 45.0 Å². The largest absolute Gasteiger partial charge is 0.494 e. The summed E-state index contributed by atoms with van der Waals surface area (Å²) in [6.07, 6.45) is 4.30. The predicted molar refractivity (Wildman–Crippen MR) is 122 cm³/mol. The molecule has 1 aliphatic rings. The standard InChI is InChI=1S/C25H25N3O4/c1-17-9-11-19(12-10-17)32-14-6-13-28-16-18(20-7-4-5-8-22(20)28)15-21-23(29)26(2)25(31)27(3)24(21)30/h4-5,7-12,15-16H,6,13-14H2,1-3H3. The van der Waals surface area contributed by atoms with Crippen LogP contribution in [0.4, 0.5) is 4.79 Å². The summed E-state index contributed by atoms with van der Waals surface area (Å²) in [7, 11) is 2.75. The maximum Gasteiger partial charge on any atom is 0.333 e. The van der Waals surface area contributed by atoms with E-state index in [1.54, 1.807) is 6.08 Å². The molecule has 4 amide bonds. The lowest BCUT2D eigenvalue weighted by atomic mass is 10.1. The smallest absolute Gasteiger partial charge is 0.333 e. The van der Waals surface area contributed by atoms with Crippen LogP contribution in [0.25, 0.3) is 17.0 Å². The molecule has 7 heteroatoms. The van der Waals surface area contributed by atoms with Gasteiger partial charge in [0.05, 0.1) is 6.61 Å². The summed E-state index contributed by atoms with van der Waals surface area (Å²) in [6, 6.07) is 15.2. The first kappa shape index (κ1) is 21.4. The first-order chi connectivity index (χ1) is 15.4. The number of barbiturate groups is 1. The minimum atomic E-state index is -0.631. The van der Waals surface area contributed by atoms with Crippen LogP contribution in [0.2, 0.25) is 0 Å². The van der Waals surface area contributed by atoms with Gasteiger partial charge in [0.25, 0.3) is 11.8 Å². The highest BCUT2D eigenvalue weighted by Crippen LogP contribution is 2.26. The molecule has 0 unspecified atom stereocenters. The number of imide groups is 2. The van der Waals surface area contributed by atoms with Crippen LogP contribution in [0, 0.1) is 6.92 Å². The molecule has 7 nitrogen and oxygen atoms in total. The number of nitrogens with zero attached hydrogens (tertiary/aromatic N) is 3. The van der Waals surface area contributed by atoms with Crippen molar-refractivity contribution < 1.29 is 19.1 Å². The van der Waals surface area contributed by atoms with Crippen molar-refractivity contribution in [2.24, 2.45) is 0 Å². The van der Waals surface area contributed by atoms with Crippen molar-refractivity contribution >= 4 is 34.8 Å². The molecule has 0 bridgehead atoms. The van der Waals surface area contributed by atoms with Crippen LogP contribution >= 0.6 is 0 Å². The van der Waals surface area contributed by atoms with Crippen LogP contribution in [0.1, 0.15) is 17.5 Å². The van der Waals surface area contributed by atoms with Crippen LogP contribution in [0.5, 0.6) is 5.75 Å². The first-order valence-corrected chi connectivity index (χ1v) is 10.5. The van der Waals surface area contributed by atoms with Gasteiger partial charge in [-0.3, -0.25) is 19.4 Å². The topological polar surface area (TPSA) is 71.8 Å². The third-order valence-corrected chi connectivity index (χ3v) is 5.60. The zero-order chi connectivity index (χ0) is 22.8. The predicted octanol–water partition coefficient (Wildman–Crippen LogP) is 3.85. The molecule has 1 saturated heterocycles. The SMILES string of the molecule is Cc1ccc(OCCCn2cc(C=C3C(=O)N(C)C(=O)N(C)C3=O)c3ccccc32)cc1. The Bertz CT molecular complexity index is 1200. The van der Waals surface area contributed by atoms with E-state index >= 15 is 0 Å². The Morgan fingerprint density at radius 1 is 0.906 bits per heavy atom. The van der Waals surface area contributed by atoms with Gasteiger partial charge in [-0.1, -0.05) is 35.9 Å². The van der Waals surface area contributed by atoms with E-state index in [4.69, 9.17) is 4.74 Å². The first-order valence-electron chi connectivity index (χ1n) is 10.5. The zero-order valence-corrected chi connectivity index (χ0v) is 18.4. The summed E-state index contributed by atoms with van der Waals surface area (Å²) < 4.78 is 7.92. The molecule has 164 valence electrons. The Morgan fingerprint density at radius 2 is 1.56 bits per heavy atom. The molecule has 1 aliphatic heterocycles. The number of ether oxygens (including phenoxy) is 1. The molecule has 0 radical (unpaired) electrons. The Balaban J connectivity index is 1.55. The summed E-state index contributed by atoms with van der Waals surface area (Å²) in [5, 5.41) is 0.933. The van der Waals surface area contributed by atoms with Crippen LogP contribution in [-0.2, 0) is 16.1 Å². The quantitative estimate of drug-likeness (QED) is 0.338. The monoisotopic (exact) mass is 431 g/mol. The van der Waals surface area contributed by atoms with Crippen LogP contribution in [0.15, 0.2) is 60.3 Å². The molecular formula is C25H25N3O4. The number of aromatic nitrogens is 1. The number of hydrogen-bond donors (Lipinski definition) is 0. The van der Waals surface area contributed by atoms with Gasteiger partial charge in [0.15, 0.2) is 0 Å². The molecule has 0 N–H and O–H groups in total. The summed E-state index contributed by atoms with van der Waals surface area (Å²) in [5.74, 6) is -0.349. The van der Waals surface area contributed by atoms with E-state index < -0.39 is 17.8 Å². The molecule has 32 heavy (non-hydrogen) atoms. The van der Waals surface area contributed by atoms with E-state index in [9.17, 15) is 14.4 Å². The fourth-order valence-corrected chi connectivity index (χ4v) is 3.77. The van der Waals surface area contributed by atoms with Crippen LogP contribution in [-0.4, -0.2) is 52.9 Å². The molecule has 0 aliphatic carbocycles. The molecule has 0 saturated carbocycles. The van der Waals surface area contributed by atoms with Gasteiger partial charge in [-0.05, 0) is 37.6 Å². The highest BCUT2D eigenvalue weighted by Gasteiger charge is 2.37. The van der Waals surface area contributed by atoms with Gasteiger partial charge in [-0.2, -0.15) is 0 Å². The van der Waals surface area contributed by atoms with Crippen molar-refractivity contribution in [3.05, 3.63) is 71.4 Å². The Labute approximate surface area is 186 Å². The molecule has 2 heterocycles. The fourth-order valence-electron chi connectivity index (χ4n) is 3.77. The average Bonchev–Trinajstić information content (AvgIpc) is 3.15. The minimum Gasteiger partial charge on any atom is -0.494 e. The Morgan fingerprint density at radius 3 is 2.25 bits per heavy atom. The maximum atomic E-state index is 12.6. The van der Waals surface area contributed by atoms with Gasteiger partial charge < -0.3 is 9.30 Å². The lowest BCUT2D eigenvalue weighted by Gasteiger charge is -2.28. The van der Waals surface area contributed by atoms with E-state index in [1.165, 1.54) is 19.7 Å². The van der Waals surface area contributed by atoms with Crippen molar-refractivity contribution in [1.82, 2.24) is 14.4 Å². The van der Waals surface area contributed by atoms with E-state index in [1.807, 2.05) is 61.7 Å². The second-order valence-electron chi connectivity index (χ2n) is 7.88. The molecule has 0 spiro atoms. The van der Waals surface area contributed by atoms with Gasteiger partial charge in [0.2, 0.25) is 0 Å². The van der Waals surface area contributed by atoms with E-state index in [2.05, 4.69) is 4.57 Å². The van der Waals surface area contributed by atoms with Gasteiger partial charge >= 0.3 is 6.03 Å². The highest BCUT2D eigenvalue weighted by atomic mass is 16.5. The number of rotatable bonds is 6. The third kappa shape index (κ3) is 4.01. The second-order valence-corrected chi connectivity index (χ2v) is 7.88. The second kappa shape index (κ2) is 8.70. The van der Waals surface area contributed by atoms with Crippen LogP contribution < -0.4 is 4.74 Å². The van der Waals surface area contributed by atoms with Gasteiger partial charge in [-0.15, -0.1) is 0 Å². The summed E-state index contributed by atoms with van der Waals surface area (Å²) in [6.45, 7) is 3.33. The molecular weight excluding hydrogens is 406 g/mol. The Hall–Kier alpha value is -3.87. The van der Waals surface area contributed by atoms with Crippen molar-refractivity contribution in [3.63, 3.8) is 0 Å². The fraction of sp³-hybridized carbons (Fsp3) is 0.240. The van der Waals surface area contributed by atoms with Crippen molar-refractivity contribution in [3.8, 4) is 5.75 Å². The number of hydrogen-bond acceptors (Lipinski definition) is 4. The number of carbonyl (C=O) groups is 3. The van der Waals surface area contributed by atoms with Crippen molar-refractivity contribution in [2.75, 3.05) is 20.7 Å². The van der Waals surface area contributed by atoms with Crippen LogP contribution in [0.3, 0.4) is 0 Å². The van der Waals surface area contributed by atoms with E-state index in [-0.39, 0.29) is 5.57 Å². The van der Waals surface area contributed by atoms with E-state index in [0.29, 0.717) is 6.61 Å². The average molecular weight is 431 g/mol. The number of amides is 4.